The molecule has 1 unspecified atom stereocenters. The predicted octanol–water partition coefficient (Wildman–Crippen LogP) is -0.487. The lowest BCUT2D eigenvalue weighted by Crippen LogP contribution is -2.52. The van der Waals surface area contributed by atoms with Gasteiger partial charge < -0.3 is 20.4 Å². The smallest absolute Gasteiger partial charge is 0.0464 e. The molecule has 0 spiro atoms. The molecule has 2 N–H and O–H groups in total. The number of hydrogen-bond donors (Lipinski definition) is 1. The van der Waals surface area contributed by atoms with Gasteiger partial charge in [0.25, 0.3) is 0 Å². The summed E-state index contributed by atoms with van der Waals surface area (Å²) in [6.07, 6.45) is 1.20. The van der Waals surface area contributed by atoms with Crippen LogP contribution in [0.4, 0.5) is 0 Å². The molecular weight excluding hydrogens is 188 g/mol. The first-order chi connectivity index (χ1) is 7.00. The van der Waals surface area contributed by atoms with Gasteiger partial charge in [-0.2, -0.15) is 0 Å². The summed E-state index contributed by atoms with van der Waals surface area (Å²) in [7, 11) is 8.53. The monoisotopic (exact) mass is 214 g/mol. The highest BCUT2D eigenvalue weighted by molar-refractivity contribution is 4.98. The van der Waals surface area contributed by atoms with Crippen LogP contribution in [0.2, 0.25) is 0 Å². The van der Waals surface area contributed by atoms with Gasteiger partial charge in [-0.1, -0.05) is 0 Å². The number of nitrogens with two attached hydrogens (primary N) is 1. The molecule has 15 heavy (non-hydrogen) atoms. The van der Waals surface area contributed by atoms with Gasteiger partial charge in [-0.15, -0.1) is 0 Å². The fraction of sp³-hybridized carbons (Fsp3) is 1.00. The third-order valence-corrected chi connectivity index (χ3v) is 3.60. The zero-order valence-corrected chi connectivity index (χ0v) is 10.7. The molecule has 0 saturated carbocycles. The lowest BCUT2D eigenvalue weighted by atomic mass is 9.97. The highest BCUT2D eigenvalue weighted by atomic mass is 15.3. The van der Waals surface area contributed by atoms with Gasteiger partial charge in [0, 0.05) is 38.3 Å². The topological polar surface area (TPSA) is 35.7 Å². The maximum Gasteiger partial charge on any atom is 0.0464 e. The molecule has 4 nitrogen and oxygen atoms in total. The number of likely N-dealkylation sites (tertiary alicyclic amines) is 1. The van der Waals surface area contributed by atoms with E-state index in [1.54, 1.807) is 0 Å². The van der Waals surface area contributed by atoms with Crippen molar-refractivity contribution in [2.75, 3.05) is 60.9 Å². The van der Waals surface area contributed by atoms with E-state index < -0.39 is 0 Å². The Morgan fingerprint density at radius 2 is 1.93 bits per heavy atom. The van der Waals surface area contributed by atoms with Gasteiger partial charge in [-0.3, -0.25) is 0 Å². The lowest BCUT2D eigenvalue weighted by Gasteiger charge is -2.35. The van der Waals surface area contributed by atoms with Gasteiger partial charge in [0.2, 0.25) is 0 Å². The van der Waals surface area contributed by atoms with Crippen molar-refractivity contribution in [3.8, 4) is 0 Å². The molecule has 4 heteroatoms. The van der Waals surface area contributed by atoms with Crippen molar-refractivity contribution >= 4 is 0 Å². The van der Waals surface area contributed by atoms with Crippen molar-refractivity contribution in [1.82, 2.24) is 14.7 Å². The minimum Gasteiger partial charge on any atom is -0.329 e. The van der Waals surface area contributed by atoms with Crippen molar-refractivity contribution < 1.29 is 0 Å². The number of likely N-dealkylation sites (N-methyl/N-ethyl adjacent to an activating group) is 2. The minimum atomic E-state index is 0.215. The van der Waals surface area contributed by atoms with Gasteiger partial charge >= 0.3 is 0 Å². The van der Waals surface area contributed by atoms with Gasteiger partial charge in [0.15, 0.2) is 0 Å². The average molecular weight is 214 g/mol. The molecule has 0 amide bonds. The van der Waals surface area contributed by atoms with Gasteiger partial charge in [0.05, 0.1) is 0 Å². The van der Waals surface area contributed by atoms with Gasteiger partial charge in [-0.25, -0.2) is 0 Å². The minimum absolute atomic E-state index is 0.215. The normalized spacial score (nSPS) is 28.2. The molecule has 1 heterocycles. The first kappa shape index (κ1) is 12.9. The molecular formula is C11H26N4. The Labute approximate surface area is 94.0 Å². The van der Waals surface area contributed by atoms with Crippen LogP contribution < -0.4 is 5.73 Å². The highest BCUT2D eigenvalue weighted by Gasteiger charge is 2.38. The third-order valence-electron chi connectivity index (χ3n) is 3.60. The summed E-state index contributed by atoms with van der Waals surface area (Å²) in [4.78, 5) is 7.05. The Bertz CT molecular complexity index is 193. The molecule has 1 aliphatic heterocycles. The van der Waals surface area contributed by atoms with E-state index in [0.29, 0.717) is 0 Å². The molecule has 1 saturated heterocycles. The second-order valence-electron chi connectivity index (χ2n) is 5.15. The Morgan fingerprint density at radius 1 is 1.27 bits per heavy atom. The summed E-state index contributed by atoms with van der Waals surface area (Å²) in [5, 5.41) is 0. The van der Waals surface area contributed by atoms with E-state index >= 15 is 0 Å². The first-order valence-electron chi connectivity index (χ1n) is 5.75. The van der Waals surface area contributed by atoms with E-state index in [-0.39, 0.29) is 5.54 Å². The molecule has 90 valence electrons. The Hall–Kier alpha value is -0.160. The van der Waals surface area contributed by atoms with Crippen molar-refractivity contribution in [1.29, 1.82) is 0 Å². The molecule has 0 bridgehead atoms. The maximum atomic E-state index is 5.91. The van der Waals surface area contributed by atoms with Crippen LogP contribution in [0.3, 0.4) is 0 Å². The van der Waals surface area contributed by atoms with E-state index in [4.69, 9.17) is 5.73 Å². The summed E-state index contributed by atoms with van der Waals surface area (Å²) in [5.41, 5.74) is 6.12. The molecule has 0 aromatic heterocycles. The fourth-order valence-corrected chi connectivity index (χ4v) is 2.19. The summed E-state index contributed by atoms with van der Waals surface area (Å²) in [6.45, 7) is 5.35. The van der Waals surface area contributed by atoms with E-state index in [1.165, 1.54) is 13.0 Å². The zero-order valence-electron chi connectivity index (χ0n) is 10.7. The summed E-state index contributed by atoms with van der Waals surface area (Å²) in [5.74, 6) is 0. The van der Waals surface area contributed by atoms with Crippen LogP contribution in [-0.4, -0.2) is 81.2 Å². The van der Waals surface area contributed by atoms with E-state index in [9.17, 15) is 0 Å². The largest absolute Gasteiger partial charge is 0.329 e. The second kappa shape index (κ2) is 5.25. The Balaban J connectivity index is 2.43. The standard InChI is InChI=1S/C11H26N4/c1-13(2)7-8-15-6-5-11(9-12,10-15)14(3)4/h5-10,12H2,1-4H3. The van der Waals surface area contributed by atoms with E-state index in [0.717, 1.165) is 26.2 Å². The van der Waals surface area contributed by atoms with Crippen molar-refractivity contribution in [3.05, 3.63) is 0 Å². The van der Waals surface area contributed by atoms with Crippen molar-refractivity contribution in [3.63, 3.8) is 0 Å². The number of hydrogen-bond acceptors (Lipinski definition) is 4. The van der Waals surface area contributed by atoms with Gasteiger partial charge in [-0.05, 0) is 34.6 Å². The molecule has 1 fully saturated rings. The van der Waals surface area contributed by atoms with E-state index in [2.05, 4.69) is 42.9 Å². The first-order valence-corrected chi connectivity index (χ1v) is 5.75. The maximum absolute atomic E-state index is 5.91. The van der Waals surface area contributed by atoms with E-state index in [1.807, 2.05) is 0 Å². The van der Waals surface area contributed by atoms with Crippen LogP contribution in [-0.2, 0) is 0 Å². The summed E-state index contributed by atoms with van der Waals surface area (Å²) in [6, 6.07) is 0. The van der Waals surface area contributed by atoms with Gasteiger partial charge in [0.1, 0.15) is 0 Å². The lowest BCUT2D eigenvalue weighted by molar-refractivity contribution is 0.158. The van der Waals surface area contributed by atoms with Crippen LogP contribution in [0.25, 0.3) is 0 Å². The van der Waals surface area contributed by atoms with Crippen LogP contribution >= 0.6 is 0 Å². The number of rotatable bonds is 5. The van der Waals surface area contributed by atoms with Crippen molar-refractivity contribution in [2.24, 2.45) is 5.73 Å². The summed E-state index contributed by atoms with van der Waals surface area (Å²) < 4.78 is 0. The molecule has 0 aromatic rings. The molecule has 1 rings (SSSR count). The molecule has 0 aromatic carbocycles. The summed E-state index contributed by atoms with van der Waals surface area (Å²) >= 11 is 0. The third kappa shape index (κ3) is 3.14. The van der Waals surface area contributed by atoms with Crippen LogP contribution in [0, 0.1) is 0 Å². The van der Waals surface area contributed by atoms with Crippen LogP contribution in [0.5, 0.6) is 0 Å². The highest BCUT2D eigenvalue weighted by Crippen LogP contribution is 2.24. The predicted molar refractivity (Wildman–Crippen MR) is 65.1 cm³/mol. The van der Waals surface area contributed by atoms with Crippen LogP contribution in [0.15, 0.2) is 0 Å². The molecule has 0 radical (unpaired) electrons. The zero-order chi connectivity index (χ0) is 11.5. The SMILES string of the molecule is CN(C)CCN1CCC(CN)(N(C)C)C1. The molecule has 0 aliphatic carbocycles. The van der Waals surface area contributed by atoms with Crippen LogP contribution in [0.1, 0.15) is 6.42 Å². The molecule has 1 atom stereocenters. The quantitative estimate of drug-likeness (QED) is 0.670. The molecule has 1 aliphatic rings. The Kier molecular flexibility index (Phi) is 4.52. The average Bonchev–Trinajstić information content (AvgIpc) is 2.59. The van der Waals surface area contributed by atoms with Crippen molar-refractivity contribution in [2.45, 2.75) is 12.0 Å². The Morgan fingerprint density at radius 3 is 2.33 bits per heavy atom. The number of nitrogens with zero attached hydrogens (tertiary/aromatic N) is 3. The second-order valence-corrected chi connectivity index (χ2v) is 5.15. The fourth-order valence-electron chi connectivity index (χ4n) is 2.19.